The minimum atomic E-state index is -0.169. The maximum Gasteiger partial charge on any atom is 0.251 e. The quantitative estimate of drug-likeness (QED) is 0.831. The van der Waals surface area contributed by atoms with Gasteiger partial charge >= 0.3 is 0 Å². The van der Waals surface area contributed by atoms with Crippen molar-refractivity contribution in [3.63, 3.8) is 0 Å². The Kier molecular flexibility index (Phi) is 6.29. The molecule has 2 aromatic carbocycles. The minimum absolute atomic E-state index is 0.169. The van der Waals surface area contributed by atoms with E-state index >= 15 is 0 Å². The molecule has 1 amide bonds. The average molecular weight is 334 g/mol. The zero-order valence-corrected chi connectivity index (χ0v) is 14.0. The van der Waals surface area contributed by atoms with Crippen LogP contribution in [0.2, 0.25) is 5.02 Å². The summed E-state index contributed by atoms with van der Waals surface area (Å²) in [6.07, 6.45) is 0.931. The summed E-state index contributed by atoms with van der Waals surface area (Å²) in [5.74, 6) is 1.20. The van der Waals surface area contributed by atoms with Crippen LogP contribution in [0.25, 0.3) is 0 Å². The summed E-state index contributed by atoms with van der Waals surface area (Å²) < 4.78 is 10.9. The van der Waals surface area contributed by atoms with Crippen molar-refractivity contribution in [1.29, 1.82) is 0 Å². The van der Waals surface area contributed by atoms with Crippen LogP contribution < -0.4 is 14.8 Å². The van der Waals surface area contributed by atoms with Crippen molar-refractivity contribution in [3.8, 4) is 11.5 Å². The van der Waals surface area contributed by atoms with Gasteiger partial charge in [-0.1, -0.05) is 30.7 Å². The molecule has 2 rings (SSSR count). The van der Waals surface area contributed by atoms with Crippen LogP contribution in [0.15, 0.2) is 42.5 Å². The molecule has 122 valence electrons. The van der Waals surface area contributed by atoms with Gasteiger partial charge in [0.05, 0.1) is 13.7 Å². The molecule has 0 unspecified atom stereocenters. The maximum atomic E-state index is 12.1. The van der Waals surface area contributed by atoms with Gasteiger partial charge < -0.3 is 14.8 Å². The molecule has 0 fully saturated rings. The molecule has 0 radical (unpaired) electrons. The monoisotopic (exact) mass is 333 g/mol. The van der Waals surface area contributed by atoms with Crippen LogP contribution in [0.3, 0.4) is 0 Å². The molecule has 5 heteroatoms. The Morgan fingerprint density at radius 3 is 2.70 bits per heavy atom. The van der Waals surface area contributed by atoms with Crippen molar-refractivity contribution < 1.29 is 14.3 Å². The first-order chi connectivity index (χ1) is 11.1. The van der Waals surface area contributed by atoms with E-state index in [1.54, 1.807) is 31.4 Å². The van der Waals surface area contributed by atoms with Crippen molar-refractivity contribution in [2.45, 2.75) is 19.9 Å². The standard InChI is InChI=1S/C18H20ClNO3/c1-3-9-23-16-8-7-13(10-17(16)22-2)12-20-18(21)14-5-4-6-15(19)11-14/h4-8,10-11H,3,9,12H2,1-2H3,(H,20,21). The van der Waals surface area contributed by atoms with E-state index in [1.165, 1.54) is 0 Å². The average Bonchev–Trinajstić information content (AvgIpc) is 2.58. The third-order valence-electron chi connectivity index (χ3n) is 3.23. The number of amides is 1. The molecule has 0 spiro atoms. The van der Waals surface area contributed by atoms with Gasteiger partial charge in [0.2, 0.25) is 0 Å². The molecule has 0 aromatic heterocycles. The summed E-state index contributed by atoms with van der Waals surface area (Å²) in [6, 6.07) is 12.5. The Bertz CT molecular complexity index is 673. The smallest absolute Gasteiger partial charge is 0.251 e. The highest BCUT2D eigenvalue weighted by molar-refractivity contribution is 6.30. The summed E-state index contributed by atoms with van der Waals surface area (Å²) in [5, 5.41) is 3.40. The van der Waals surface area contributed by atoms with Gasteiger partial charge in [0.1, 0.15) is 0 Å². The van der Waals surface area contributed by atoms with E-state index in [-0.39, 0.29) is 5.91 Å². The maximum absolute atomic E-state index is 12.1. The van der Waals surface area contributed by atoms with E-state index < -0.39 is 0 Å². The summed E-state index contributed by atoms with van der Waals surface area (Å²) in [6.45, 7) is 3.09. The van der Waals surface area contributed by atoms with E-state index in [4.69, 9.17) is 21.1 Å². The van der Waals surface area contributed by atoms with Gasteiger partial charge in [0, 0.05) is 17.1 Å². The molecule has 0 aliphatic carbocycles. The lowest BCUT2D eigenvalue weighted by Crippen LogP contribution is -2.22. The van der Waals surface area contributed by atoms with Crippen molar-refractivity contribution >= 4 is 17.5 Å². The lowest BCUT2D eigenvalue weighted by atomic mass is 10.1. The van der Waals surface area contributed by atoms with Crippen molar-refractivity contribution in [2.24, 2.45) is 0 Å². The number of ether oxygens (including phenoxy) is 2. The Morgan fingerprint density at radius 2 is 2.00 bits per heavy atom. The molecule has 1 N–H and O–H groups in total. The number of carbonyl (C=O) groups is 1. The fraction of sp³-hybridized carbons (Fsp3) is 0.278. The van der Waals surface area contributed by atoms with Crippen LogP contribution in [0.4, 0.5) is 0 Å². The van der Waals surface area contributed by atoms with Gasteiger partial charge in [-0.3, -0.25) is 4.79 Å². The van der Waals surface area contributed by atoms with Crippen LogP contribution in [0.5, 0.6) is 11.5 Å². The Morgan fingerprint density at radius 1 is 1.17 bits per heavy atom. The first-order valence-corrected chi connectivity index (χ1v) is 7.85. The lowest BCUT2D eigenvalue weighted by Gasteiger charge is -2.12. The van der Waals surface area contributed by atoms with Gasteiger partial charge in [-0.2, -0.15) is 0 Å². The van der Waals surface area contributed by atoms with Crippen LogP contribution >= 0.6 is 11.6 Å². The van der Waals surface area contributed by atoms with Gasteiger partial charge in [-0.05, 0) is 42.3 Å². The molecule has 0 bridgehead atoms. The molecule has 0 aliphatic heterocycles. The zero-order chi connectivity index (χ0) is 16.7. The fourth-order valence-electron chi connectivity index (χ4n) is 2.07. The largest absolute Gasteiger partial charge is 0.493 e. The van der Waals surface area contributed by atoms with Gasteiger partial charge in [-0.25, -0.2) is 0 Å². The molecule has 2 aromatic rings. The number of hydrogen-bond acceptors (Lipinski definition) is 3. The molecular weight excluding hydrogens is 314 g/mol. The Hall–Kier alpha value is -2.20. The topological polar surface area (TPSA) is 47.6 Å². The first-order valence-electron chi connectivity index (χ1n) is 7.47. The Balaban J connectivity index is 2.01. The predicted molar refractivity (Wildman–Crippen MR) is 91.4 cm³/mol. The second-order valence-electron chi connectivity index (χ2n) is 5.03. The normalized spacial score (nSPS) is 10.2. The van der Waals surface area contributed by atoms with E-state index in [2.05, 4.69) is 5.32 Å². The van der Waals surface area contributed by atoms with E-state index in [1.807, 2.05) is 25.1 Å². The van der Waals surface area contributed by atoms with Gasteiger partial charge in [0.25, 0.3) is 5.91 Å². The van der Waals surface area contributed by atoms with Crippen molar-refractivity contribution in [2.75, 3.05) is 13.7 Å². The molecule has 4 nitrogen and oxygen atoms in total. The molecule has 0 heterocycles. The first kappa shape index (κ1) is 17.2. The zero-order valence-electron chi connectivity index (χ0n) is 13.3. The van der Waals surface area contributed by atoms with Crippen LogP contribution in [0.1, 0.15) is 29.3 Å². The molecule has 0 saturated carbocycles. The number of halogens is 1. The third kappa shape index (κ3) is 4.89. The highest BCUT2D eigenvalue weighted by atomic mass is 35.5. The van der Waals surface area contributed by atoms with Crippen LogP contribution in [-0.4, -0.2) is 19.6 Å². The summed E-state index contributed by atoms with van der Waals surface area (Å²) in [7, 11) is 1.60. The van der Waals surface area contributed by atoms with Crippen LogP contribution in [0, 0.1) is 0 Å². The molecular formula is C18H20ClNO3. The van der Waals surface area contributed by atoms with E-state index in [0.717, 1.165) is 12.0 Å². The number of nitrogens with one attached hydrogen (secondary N) is 1. The minimum Gasteiger partial charge on any atom is -0.493 e. The van der Waals surface area contributed by atoms with Gasteiger partial charge in [0.15, 0.2) is 11.5 Å². The molecule has 0 aliphatic rings. The number of rotatable bonds is 7. The SMILES string of the molecule is CCCOc1ccc(CNC(=O)c2cccc(Cl)c2)cc1OC. The second kappa shape index (κ2) is 8.44. The Labute approximate surface area is 141 Å². The highest BCUT2D eigenvalue weighted by Crippen LogP contribution is 2.28. The molecule has 0 saturated heterocycles. The van der Waals surface area contributed by atoms with Crippen LogP contribution in [-0.2, 0) is 6.54 Å². The molecule has 23 heavy (non-hydrogen) atoms. The highest BCUT2D eigenvalue weighted by Gasteiger charge is 2.08. The fourth-order valence-corrected chi connectivity index (χ4v) is 2.26. The number of methoxy groups -OCH3 is 1. The van der Waals surface area contributed by atoms with Gasteiger partial charge in [-0.15, -0.1) is 0 Å². The lowest BCUT2D eigenvalue weighted by molar-refractivity contribution is 0.0951. The summed E-state index contributed by atoms with van der Waals surface area (Å²) in [4.78, 5) is 12.1. The number of benzene rings is 2. The second-order valence-corrected chi connectivity index (χ2v) is 5.46. The van der Waals surface area contributed by atoms with E-state index in [0.29, 0.717) is 35.2 Å². The summed E-state index contributed by atoms with van der Waals surface area (Å²) >= 11 is 5.89. The molecule has 0 atom stereocenters. The summed E-state index contributed by atoms with van der Waals surface area (Å²) in [5.41, 5.74) is 1.47. The number of carbonyl (C=O) groups excluding carboxylic acids is 1. The number of hydrogen-bond donors (Lipinski definition) is 1. The van der Waals surface area contributed by atoms with Crippen molar-refractivity contribution in [1.82, 2.24) is 5.32 Å². The predicted octanol–water partition coefficient (Wildman–Crippen LogP) is 4.07. The van der Waals surface area contributed by atoms with E-state index in [9.17, 15) is 4.79 Å². The van der Waals surface area contributed by atoms with Crippen molar-refractivity contribution in [3.05, 3.63) is 58.6 Å². The third-order valence-corrected chi connectivity index (χ3v) is 3.46.